The second-order valence-electron chi connectivity index (χ2n) is 6.52. The van der Waals surface area contributed by atoms with Gasteiger partial charge < -0.3 is 0 Å². The van der Waals surface area contributed by atoms with Crippen LogP contribution in [0.4, 0.5) is 0 Å². The molecule has 144 valence electrons. The summed E-state index contributed by atoms with van der Waals surface area (Å²) in [7, 11) is -3.68. The first-order chi connectivity index (χ1) is 14.0. The van der Waals surface area contributed by atoms with Gasteiger partial charge in [-0.25, -0.2) is 8.42 Å². The molecular formula is C24H16Br2O2S. The molecule has 2 nitrogen and oxygen atoms in total. The molecule has 0 saturated carbocycles. The highest BCUT2D eigenvalue weighted by molar-refractivity contribution is 9.11. The Kier molecular flexibility index (Phi) is 5.72. The third kappa shape index (κ3) is 4.08. The molecule has 0 saturated heterocycles. The fraction of sp³-hybridized carbons (Fsp3) is 0. The molecule has 0 atom stereocenters. The maximum Gasteiger partial charge on any atom is 0.206 e. The summed E-state index contributed by atoms with van der Waals surface area (Å²) in [6.45, 7) is 0. The zero-order valence-corrected chi connectivity index (χ0v) is 19.2. The number of hydrogen-bond donors (Lipinski definition) is 0. The normalized spacial score (nSPS) is 11.4. The van der Waals surface area contributed by atoms with Crippen molar-refractivity contribution in [2.75, 3.05) is 0 Å². The van der Waals surface area contributed by atoms with Crippen LogP contribution >= 0.6 is 31.9 Å². The number of hydrogen-bond acceptors (Lipinski definition) is 2. The zero-order valence-electron chi connectivity index (χ0n) is 15.2. The van der Waals surface area contributed by atoms with E-state index in [-0.39, 0.29) is 9.79 Å². The van der Waals surface area contributed by atoms with Crippen molar-refractivity contribution >= 4 is 41.7 Å². The number of sulfone groups is 1. The molecule has 0 aromatic heterocycles. The number of benzene rings is 4. The standard InChI is InChI=1S/C24H16Br2O2S/c25-23-13-11-19(15-21(23)17-7-3-1-4-8-17)29(27,28)20-12-14-24(26)22(16-20)18-9-5-2-6-10-18/h1-16H. The quantitative estimate of drug-likeness (QED) is 0.277. The largest absolute Gasteiger partial charge is 0.219 e. The van der Waals surface area contributed by atoms with Gasteiger partial charge in [0.25, 0.3) is 0 Å². The van der Waals surface area contributed by atoms with E-state index < -0.39 is 9.84 Å². The van der Waals surface area contributed by atoms with Crippen LogP contribution in [0.25, 0.3) is 22.3 Å². The van der Waals surface area contributed by atoms with Crippen molar-refractivity contribution < 1.29 is 8.42 Å². The lowest BCUT2D eigenvalue weighted by molar-refractivity contribution is 0.596. The molecule has 0 aliphatic heterocycles. The van der Waals surface area contributed by atoms with Crippen LogP contribution in [0.15, 0.2) is 116 Å². The Morgan fingerprint density at radius 1 is 0.517 bits per heavy atom. The minimum atomic E-state index is -3.68. The van der Waals surface area contributed by atoms with Crippen molar-refractivity contribution in [2.45, 2.75) is 9.79 Å². The molecule has 4 aromatic rings. The minimum absolute atomic E-state index is 0.265. The van der Waals surface area contributed by atoms with Gasteiger partial charge in [-0.15, -0.1) is 0 Å². The van der Waals surface area contributed by atoms with Crippen molar-refractivity contribution in [1.29, 1.82) is 0 Å². The van der Waals surface area contributed by atoms with Gasteiger partial charge in [-0.2, -0.15) is 0 Å². The Hall–Kier alpha value is -2.21. The molecule has 0 aliphatic rings. The molecule has 0 N–H and O–H groups in total. The lowest BCUT2D eigenvalue weighted by Crippen LogP contribution is -2.03. The molecule has 0 amide bonds. The summed E-state index contributed by atoms with van der Waals surface area (Å²) in [5.74, 6) is 0. The highest BCUT2D eigenvalue weighted by atomic mass is 79.9. The molecule has 0 bridgehead atoms. The van der Waals surface area contributed by atoms with E-state index in [4.69, 9.17) is 0 Å². The van der Waals surface area contributed by atoms with Gasteiger partial charge in [-0.3, -0.25) is 0 Å². The molecule has 0 aliphatic carbocycles. The van der Waals surface area contributed by atoms with Gasteiger partial charge in [0.1, 0.15) is 0 Å². The molecule has 4 aromatic carbocycles. The summed E-state index contributed by atoms with van der Waals surface area (Å²) in [6.07, 6.45) is 0. The fourth-order valence-electron chi connectivity index (χ4n) is 3.16. The Labute approximate surface area is 187 Å². The Balaban J connectivity index is 1.83. The van der Waals surface area contributed by atoms with Crippen LogP contribution in [0.3, 0.4) is 0 Å². The maximum atomic E-state index is 13.4. The van der Waals surface area contributed by atoms with Crippen LogP contribution in [0.2, 0.25) is 0 Å². The Morgan fingerprint density at radius 2 is 0.897 bits per heavy atom. The first kappa shape index (κ1) is 20.1. The topological polar surface area (TPSA) is 34.1 Å². The van der Waals surface area contributed by atoms with Gasteiger partial charge >= 0.3 is 0 Å². The summed E-state index contributed by atoms with van der Waals surface area (Å²) in [5.41, 5.74) is 3.59. The second-order valence-corrected chi connectivity index (χ2v) is 10.2. The summed E-state index contributed by atoms with van der Waals surface area (Å²) >= 11 is 7.08. The van der Waals surface area contributed by atoms with Crippen LogP contribution in [0, 0.1) is 0 Å². The minimum Gasteiger partial charge on any atom is -0.219 e. The summed E-state index contributed by atoms with van der Waals surface area (Å²) in [4.78, 5) is 0.529. The lowest BCUT2D eigenvalue weighted by atomic mass is 10.1. The van der Waals surface area contributed by atoms with Crippen molar-refractivity contribution in [1.82, 2.24) is 0 Å². The summed E-state index contributed by atoms with van der Waals surface area (Å²) in [6, 6.07) is 29.7. The molecule has 0 heterocycles. The van der Waals surface area contributed by atoms with E-state index in [2.05, 4.69) is 31.9 Å². The monoisotopic (exact) mass is 526 g/mol. The van der Waals surface area contributed by atoms with Crippen molar-refractivity contribution in [2.24, 2.45) is 0 Å². The predicted octanol–water partition coefficient (Wildman–Crippen LogP) is 7.38. The molecule has 29 heavy (non-hydrogen) atoms. The predicted molar refractivity (Wildman–Crippen MR) is 125 cm³/mol. The average molecular weight is 528 g/mol. The highest BCUT2D eigenvalue weighted by Crippen LogP contribution is 2.35. The van der Waals surface area contributed by atoms with Gasteiger partial charge in [-0.05, 0) is 58.7 Å². The van der Waals surface area contributed by atoms with E-state index in [1.54, 1.807) is 36.4 Å². The number of halogens is 2. The zero-order chi connectivity index (χ0) is 20.4. The van der Waals surface area contributed by atoms with Gasteiger partial charge in [0.2, 0.25) is 9.84 Å². The fourth-order valence-corrected chi connectivity index (χ4v) is 5.42. The average Bonchev–Trinajstić information content (AvgIpc) is 2.75. The molecule has 5 heteroatoms. The first-order valence-electron chi connectivity index (χ1n) is 8.92. The van der Waals surface area contributed by atoms with Crippen molar-refractivity contribution in [3.8, 4) is 22.3 Å². The molecule has 0 spiro atoms. The van der Waals surface area contributed by atoms with Gasteiger partial charge in [0, 0.05) is 8.95 Å². The van der Waals surface area contributed by atoms with Crippen LogP contribution in [-0.4, -0.2) is 8.42 Å². The maximum absolute atomic E-state index is 13.4. The van der Waals surface area contributed by atoms with E-state index in [0.29, 0.717) is 0 Å². The molecular weight excluding hydrogens is 512 g/mol. The SMILES string of the molecule is O=S(=O)(c1ccc(Br)c(-c2ccccc2)c1)c1ccc(Br)c(-c2ccccc2)c1. The molecule has 4 rings (SSSR count). The lowest BCUT2D eigenvalue weighted by Gasteiger charge is -2.12. The highest BCUT2D eigenvalue weighted by Gasteiger charge is 2.21. The van der Waals surface area contributed by atoms with Gasteiger partial charge in [-0.1, -0.05) is 92.5 Å². The third-order valence-corrected chi connectivity index (χ3v) is 7.80. The summed E-state index contributed by atoms with van der Waals surface area (Å²) in [5, 5.41) is 0. The smallest absolute Gasteiger partial charge is 0.206 e. The van der Waals surface area contributed by atoms with E-state index >= 15 is 0 Å². The molecule has 0 fully saturated rings. The van der Waals surface area contributed by atoms with E-state index in [1.165, 1.54) is 0 Å². The second kappa shape index (κ2) is 8.27. The van der Waals surface area contributed by atoms with E-state index in [1.807, 2.05) is 60.7 Å². The Bertz CT molecular complexity index is 1170. The van der Waals surface area contributed by atoms with Crippen molar-refractivity contribution in [3.63, 3.8) is 0 Å². The summed E-state index contributed by atoms with van der Waals surface area (Å²) < 4.78 is 28.5. The van der Waals surface area contributed by atoms with Gasteiger partial charge in [0.15, 0.2) is 0 Å². The van der Waals surface area contributed by atoms with Crippen LogP contribution in [0.1, 0.15) is 0 Å². The van der Waals surface area contributed by atoms with Crippen LogP contribution in [0.5, 0.6) is 0 Å². The van der Waals surface area contributed by atoms with Crippen LogP contribution < -0.4 is 0 Å². The van der Waals surface area contributed by atoms with E-state index in [0.717, 1.165) is 31.2 Å². The van der Waals surface area contributed by atoms with Gasteiger partial charge in [0.05, 0.1) is 9.79 Å². The van der Waals surface area contributed by atoms with Crippen molar-refractivity contribution in [3.05, 3.63) is 106 Å². The third-order valence-electron chi connectivity index (χ3n) is 4.67. The Morgan fingerprint density at radius 3 is 1.28 bits per heavy atom. The van der Waals surface area contributed by atoms with Crippen LogP contribution in [-0.2, 0) is 9.84 Å². The molecule has 0 radical (unpaired) electrons. The number of rotatable bonds is 4. The molecule has 0 unspecified atom stereocenters. The van der Waals surface area contributed by atoms with E-state index in [9.17, 15) is 8.42 Å². The first-order valence-corrected chi connectivity index (χ1v) is 12.0.